The summed E-state index contributed by atoms with van der Waals surface area (Å²) in [5.41, 5.74) is 0. The van der Waals surface area contributed by atoms with E-state index in [0.29, 0.717) is 5.92 Å². The number of rotatable bonds is 3. The predicted octanol–water partition coefficient (Wildman–Crippen LogP) is 2.73. The topological polar surface area (TPSA) is 37.8 Å². The maximum absolute atomic E-state index is 13.1. The highest BCUT2D eigenvalue weighted by atomic mass is 35.5. The van der Waals surface area contributed by atoms with Crippen LogP contribution >= 0.6 is 11.6 Å². The van der Waals surface area contributed by atoms with E-state index in [1.54, 1.807) is 0 Å². The number of hydrogen-bond acceptors (Lipinski definition) is 3. The SMILES string of the molecule is CC(C)C(C)Nc1nc(Cl)ncc1F. The molecular formula is C9H13ClFN3. The largest absolute Gasteiger partial charge is 0.365 e. The molecule has 1 rings (SSSR count). The molecule has 14 heavy (non-hydrogen) atoms. The van der Waals surface area contributed by atoms with Gasteiger partial charge in [-0.15, -0.1) is 0 Å². The Bertz CT molecular complexity index is 317. The fourth-order valence-electron chi connectivity index (χ4n) is 0.829. The van der Waals surface area contributed by atoms with Crippen LogP contribution < -0.4 is 5.32 Å². The molecule has 1 aromatic rings. The zero-order chi connectivity index (χ0) is 10.7. The molecule has 5 heteroatoms. The molecule has 0 bridgehead atoms. The van der Waals surface area contributed by atoms with E-state index in [9.17, 15) is 4.39 Å². The molecule has 0 aromatic carbocycles. The number of halogens is 2. The Balaban J connectivity index is 2.80. The monoisotopic (exact) mass is 217 g/mol. The van der Waals surface area contributed by atoms with E-state index in [0.717, 1.165) is 6.20 Å². The lowest BCUT2D eigenvalue weighted by atomic mass is 10.1. The third-order valence-corrected chi connectivity index (χ3v) is 2.26. The molecule has 0 spiro atoms. The average molecular weight is 218 g/mol. The minimum atomic E-state index is -0.484. The van der Waals surface area contributed by atoms with Crippen LogP contribution in [0, 0.1) is 11.7 Å². The molecule has 78 valence electrons. The van der Waals surface area contributed by atoms with E-state index >= 15 is 0 Å². The van der Waals surface area contributed by atoms with Crippen molar-refractivity contribution in [3.05, 3.63) is 17.3 Å². The van der Waals surface area contributed by atoms with Crippen molar-refractivity contribution >= 4 is 17.4 Å². The standard InChI is InChI=1S/C9H13ClFN3/c1-5(2)6(3)13-8-7(11)4-12-9(10)14-8/h4-6H,1-3H3,(H,12,13,14). The third-order valence-electron chi connectivity index (χ3n) is 2.08. The zero-order valence-electron chi connectivity index (χ0n) is 8.38. The van der Waals surface area contributed by atoms with Crippen molar-refractivity contribution in [1.29, 1.82) is 0 Å². The summed E-state index contributed by atoms with van der Waals surface area (Å²) in [6, 6.07) is 0.135. The normalized spacial score (nSPS) is 13.0. The lowest BCUT2D eigenvalue weighted by Crippen LogP contribution is -2.23. The number of nitrogens with one attached hydrogen (secondary N) is 1. The second kappa shape index (κ2) is 4.55. The summed E-state index contributed by atoms with van der Waals surface area (Å²) in [5.74, 6) is 0.0660. The van der Waals surface area contributed by atoms with Gasteiger partial charge in [0.2, 0.25) is 5.28 Å². The van der Waals surface area contributed by atoms with Crippen LogP contribution in [-0.2, 0) is 0 Å². The van der Waals surface area contributed by atoms with E-state index in [4.69, 9.17) is 11.6 Å². The minimum Gasteiger partial charge on any atom is -0.365 e. The van der Waals surface area contributed by atoms with Gasteiger partial charge in [-0.05, 0) is 24.4 Å². The third kappa shape index (κ3) is 2.80. The van der Waals surface area contributed by atoms with Gasteiger partial charge in [0.25, 0.3) is 0 Å². The van der Waals surface area contributed by atoms with Gasteiger partial charge in [0.1, 0.15) is 0 Å². The van der Waals surface area contributed by atoms with Gasteiger partial charge in [-0.1, -0.05) is 13.8 Å². The fourth-order valence-corrected chi connectivity index (χ4v) is 0.962. The summed E-state index contributed by atoms with van der Waals surface area (Å²) in [6.45, 7) is 6.04. The highest BCUT2D eigenvalue weighted by Gasteiger charge is 2.11. The van der Waals surface area contributed by atoms with E-state index in [1.807, 2.05) is 20.8 Å². The second-order valence-corrected chi connectivity index (χ2v) is 3.85. The van der Waals surface area contributed by atoms with Gasteiger partial charge in [-0.25, -0.2) is 9.37 Å². The quantitative estimate of drug-likeness (QED) is 0.792. The van der Waals surface area contributed by atoms with E-state index in [1.165, 1.54) is 0 Å². The van der Waals surface area contributed by atoms with Crippen molar-refractivity contribution in [1.82, 2.24) is 9.97 Å². The Labute approximate surface area is 87.7 Å². The van der Waals surface area contributed by atoms with Crippen LogP contribution in [0.5, 0.6) is 0 Å². The minimum absolute atomic E-state index is 0.0462. The zero-order valence-corrected chi connectivity index (χ0v) is 9.14. The molecule has 0 amide bonds. The van der Waals surface area contributed by atoms with Gasteiger partial charge < -0.3 is 5.32 Å². The van der Waals surface area contributed by atoms with Crippen LogP contribution in [0.2, 0.25) is 5.28 Å². The van der Waals surface area contributed by atoms with Crippen molar-refractivity contribution in [2.45, 2.75) is 26.8 Å². The highest BCUT2D eigenvalue weighted by Crippen LogP contribution is 2.15. The van der Waals surface area contributed by atoms with Crippen LogP contribution in [0.4, 0.5) is 10.2 Å². The van der Waals surface area contributed by atoms with Gasteiger partial charge in [0, 0.05) is 6.04 Å². The van der Waals surface area contributed by atoms with Crippen molar-refractivity contribution in [3.8, 4) is 0 Å². The maximum atomic E-state index is 13.1. The number of nitrogens with zero attached hydrogens (tertiary/aromatic N) is 2. The van der Waals surface area contributed by atoms with E-state index in [-0.39, 0.29) is 17.1 Å². The molecule has 0 aliphatic carbocycles. The molecule has 3 nitrogen and oxygen atoms in total. The molecule has 1 atom stereocenters. The second-order valence-electron chi connectivity index (χ2n) is 3.51. The van der Waals surface area contributed by atoms with Gasteiger partial charge >= 0.3 is 0 Å². The lowest BCUT2D eigenvalue weighted by molar-refractivity contribution is 0.547. The molecule has 0 aliphatic heterocycles. The summed E-state index contributed by atoms with van der Waals surface area (Å²) in [5, 5.41) is 2.99. The molecule has 0 radical (unpaired) electrons. The lowest BCUT2D eigenvalue weighted by Gasteiger charge is -2.18. The van der Waals surface area contributed by atoms with Gasteiger partial charge in [0.15, 0.2) is 11.6 Å². The van der Waals surface area contributed by atoms with Crippen LogP contribution in [0.15, 0.2) is 6.20 Å². The summed E-state index contributed by atoms with van der Waals surface area (Å²) in [4.78, 5) is 7.29. The maximum Gasteiger partial charge on any atom is 0.224 e. The van der Waals surface area contributed by atoms with Crippen LogP contribution in [0.25, 0.3) is 0 Å². The summed E-state index contributed by atoms with van der Waals surface area (Å²) < 4.78 is 13.1. The van der Waals surface area contributed by atoms with Crippen molar-refractivity contribution < 1.29 is 4.39 Å². The molecule has 1 heterocycles. The van der Waals surface area contributed by atoms with Crippen molar-refractivity contribution in [3.63, 3.8) is 0 Å². The van der Waals surface area contributed by atoms with Crippen LogP contribution in [0.3, 0.4) is 0 Å². The van der Waals surface area contributed by atoms with Crippen LogP contribution in [-0.4, -0.2) is 16.0 Å². The first-order valence-corrected chi connectivity index (χ1v) is 4.83. The number of anilines is 1. The Morgan fingerprint density at radius 3 is 2.64 bits per heavy atom. The Hall–Kier alpha value is -0.900. The molecule has 0 fully saturated rings. The molecular weight excluding hydrogens is 205 g/mol. The predicted molar refractivity (Wildman–Crippen MR) is 54.9 cm³/mol. The first-order valence-electron chi connectivity index (χ1n) is 4.45. The molecule has 1 aromatic heterocycles. The van der Waals surface area contributed by atoms with Gasteiger partial charge in [-0.2, -0.15) is 4.98 Å². The molecule has 0 saturated heterocycles. The van der Waals surface area contributed by atoms with Crippen molar-refractivity contribution in [2.75, 3.05) is 5.32 Å². The van der Waals surface area contributed by atoms with E-state index in [2.05, 4.69) is 15.3 Å². The first-order chi connectivity index (χ1) is 6.50. The Morgan fingerprint density at radius 2 is 2.07 bits per heavy atom. The summed E-state index contributed by atoms with van der Waals surface area (Å²) in [7, 11) is 0. The number of hydrogen-bond donors (Lipinski definition) is 1. The highest BCUT2D eigenvalue weighted by molar-refractivity contribution is 6.28. The van der Waals surface area contributed by atoms with Gasteiger partial charge in [0.05, 0.1) is 6.20 Å². The molecule has 1 unspecified atom stereocenters. The summed E-state index contributed by atoms with van der Waals surface area (Å²) >= 11 is 5.55. The van der Waals surface area contributed by atoms with E-state index < -0.39 is 5.82 Å². The van der Waals surface area contributed by atoms with Crippen LogP contribution in [0.1, 0.15) is 20.8 Å². The fraction of sp³-hybridized carbons (Fsp3) is 0.556. The number of aromatic nitrogens is 2. The molecule has 0 saturated carbocycles. The first kappa shape index (κ1) is 11.2. The van der Waals surface area contributed by atoms with Crippen molar-refractivity contribution in [2.24, 2.45) is 5.92 Å². The smallest absolute Gasteiger partial charge is 0.224 e. The Morgan fingerprint density at radius 1 is 1.43 bits per heavy atom. The van der Waals surface area contributed by atoms with Gasteiger partial charge in [-0.3, -0.25) is 0 Å². The molecule has 1 N–H and O–H groups in total. The molecule has 0 aliphatic rings. The average Bonchev–Trinajstić information content (AvgIpc) is 2.11. The Kier molecular flexibility index (Phi) is 3.63. The summed E-state index contributed by atoms with van der Waals surface area (Å²) in [6.07, 6.45) is 1.06.